The molecule has 0 aliphatic carbocycles. The summed E-state index contributed by atoms with van der Waals surface area (Å²) >= 11 is 12.0. The summed E-state index contributed by atoms with van der Waals surface area (Å²) in [5, 5.41) is 4.28. The molecule has 0 amide bonds. The van der Waals surface area contributed by atoms with Crippen molar-refractivity contribution in [2.24, 2.45) is 0 Å². The van der Waals surface area contributed by atoms with Gasteiger partial charge in [0.2, 0.25) is 0 Å². The van der Waals surface area contributed by atoms with E-state index in [9.17, 15) is 4.39 Å². The van der Waals surface area contributed by atoms with Crippen LogP contribution in [-0.2, 0) is 0 Å². The fraction of sp³-hybridized carbons (Fsp3) is 0.200. The van der Waals surface area contributed by atoms with Crippen LogP contribution in [0.2, 0.25) is 10.0 Å². The number of hydrogen-bond acceptors (Lipinski definition) is 1. The molecule has 0 bridgehead atoms. The lowest BCUT2D eigenvalue weighted by Crippen LogP contribution is -2.18. The first-order chi connectivity index (χ1) is 9.01. The molecule has 2 aromatic carbocycles. The Morgan fingerprint density at radius 2 is 1.63 bits per heavy atom. The summed E-state index contributed by atoms with van der Waals surface area (Å²) in [4.78, 5) is 0. The molecule has 0 heterocycles. The summed E-state index contributed by atoms with van der Waals surface area (Å²) in [6, 6.07) is 10.4. The van der Waals surface area contributed by atoms with Gasteiger partial charge in [-0.3, -0.25) is 0 Å². The average Bonchev–Trinajstić information content (AvgIpc) is 2.33. The first-order valence-electron chi connectivity index (χ1n) is 5.90. The van der Waals surface area contributed by atoms with E-state index in [-0.39, 0.29) is 11.9 Å². The van der Waals surface area contributed by atoms with Gasteiger partial charge in [-0.2, -0.15) is 0 Å². The molecule has 0 aromatic heterocycles. The Bertz CT molecular complexity index is 578. The molecular weight excluding hydrogens is 284 g/mol. The lowest BCUT2D eigenvalue weighted by Gasteiger charge is -2.18. The molecule has 0 aliphatic rings. The highest BCUT2D eigenvalue weighted by Gasteiger charge is 2.14. The van der Waals surface area contributed by atoms with Gasteiger partial charge in [-0.25, -0.2) is 4.39 Å². The van der Waals surface area contributed by atoms with Crippen molar-refractivity contribution in [3.8, 4) is 0 Å². The van der Waals surface area contributed by atoms with E-state index >= 15 is 0 Å². The Morgan fingerprint density at radius 3 is 2.16 bits per heavy atom. The van der Waals surface area contributed by atoms with Crippen LogP contribution in [-0.4, -0.2) is 7.05 Å². The van der Waals surface area contributed by atoms with Gasteiger partial charge in [0.05, 0.1) is 6.04 Å². The quantitative estimate of drug-likeness (QED) is 0.862. The zero-order valence-corrected chi connectivity index (χ0v) is 12.2. The second kappa shape index (κ2) is 5.91. The second-order valence-corrected chi connectivity index (χ2v) is 5.31. The Labute approximate surface area is 122 Å². The van der Waals surface area contributed by atoms with E-state index in [4.69, 9.17) is 23.2 Å². The number of hydrogen-bond donors (Lipinski definition) is 1. The fourth-order valence-corrected chi connectivity index (χ4v) is 2.60. The van der Waals surface area contributed by atoms with E-state index in [1.165, 1.54) is 6.07 Å². The predicted octanol–water partition coefficient (Wildman–Crippen LogP) is 4.75. The first-order valence-corrected chi connectivity index (χ1v) is 6.66. The Kier molecular flexibility index (Phi) is 4.46. The highest BCUT2D eigenvalue weighted by Crippen LogP contribution is 2.28. The molecule has 4 heteroatoms. The van der Waals surface area contributed by atoms with Gasteiger partial charge in [0.15, 0.2) is 0 Å². The number of halogens is 3. The van der Waals surface area contributed by atoms with E-state index in [0.29, 0.717) is 15.6 Å². The minimum Gasteiger partial charge on any atom is -0.309 e. The van der Waals surface area contributed by atoms with Crippen LogP contribution in [0.4, 0.5) is 4.39 Å². The van der Waals surface area contributed by atoms with Gasteiger partial charge in [-0.05, 0) is 54.9 Å². The summed E-state index contributed by atoms with van der Waals surface area (Å²) in [7, 11) is 1.82. The third kappa shape index (κ3) is 3.27. The number of nitrogens with one attached hydrogen (secondary N) is 1. The smallest absolute Gasteiger partial charge is 0.126 e. The topological polar surface area (TPSA) is 12.0 Å². The lowest BCUT2D eigenvalue weighted by molar-refractivity contribution is 0.608. The van der Waals surface area contributed by atoms with Crippen LogP contribution >= 0.6 is 23.2 Å². The summed E-state index contributed by atoms with van der Waals surface area (Å²) in [6.07, 6.45) is 0. The van der Waals surface area contributed by atoms with Crippen molar-refractivity contribution >= 4 is 23.2 Å². The zero-order chi connectivity index (χ0) is 14.0. The third-order valence-electron chi connectivity index (χ3n) is 3.04. The van der Waals surface area contributed by atoms with Gasteiger partial charge in [-0.1, -0.05) is 35.3 Å². The summed E-state index contributed by atoms with van der Waals surface area (Å²) < 4.78 is 13.7. The predicted molar refractivity (Wildman–Crippen MR) is 78.5 cm³/mol. The highest BCUT2D eigenvalue weighted by molar-refractivity contribution is 6.34. The number of aryl methyl sites for hydroxylation is 1. The molecule has 2 rings (SSSR count). The van der Waals surface area contributed by atoms with Gasteiger partial charge in [0.1, 0.15) is 5.82 Å². The molecule has 0 saturated heterocycles. The highest BCUT2D eigenvalue weighted by atomic mass is 35.5. The Hall–Kier alpha value is -1.09. The van der Waals surface area contributed by atoms with Crippen LogP contribution in [0.5, 0.6) is 0 Å². The van der Waals surface area contributed by atoms with Crippen LogP contribution in [0.15, 0.2) is 36.4 Å². The number of rotatable bonds is 3. The van der Waals surface area contributed by atoms with E-state index < -0.39 is 0 Å². The van der Waals surface area contributed by atoms with E-state index in [2.05, 4.69) is 5.32 Å². The monoisotopic (exact) mass is 297 g/mol. The van der Waals surface area contributed by atoms with E-state index in [1.807, 2.05) is 25.2 Å². The van der Waals surface area contributed by atoms with E-state index in [0.717, 1.165) is 11.1 Å². The zero-order valence-electron chi connectivity index (χ0n) is 10.7. The average molecular weight is 298 g/mol. The van der Waals surface area contributed by atoms with Crippen molar-refractivity contribution in [2.75, 3.05) is 7.05 Å². The van der Waals surface area contributed by atoms with Crippen molar-refractivity contribution < 1.29 is 4.39 Å². The van der Waals surface area contributed by atoms with Crippen molar-refractivity contribution in [3.05, 3.63) is 69.0 Å². The molecule has 0 fully saturated rings. The van der Waals surface area contributed by atoms with Crippen LogP contribution in [0.25, 0.3) is 0 Å². The SMILES string of the molecule is CNC(c1cc(Cl)cc(Cl)c1)c1ccc(C)c(F)c1. The van der Waals surface area contributed by atoms with E-state index in [1.54, 1.807) is 19.1 Å². The van der Waals surface area contributed by atoms with Crippen molar-refractivity contribution in [1.29, 1.82) is 0 Å². The molecule has 0 saturated carbocycles. The molecule has 19 heavy (non-hydrogen) atoms. The van der Waals surface area contributed by atoms with Gasteiger partial charge in [0, 0.05) is 10.0 Å². The fourth-order valence-electron chi connectivity index (χ4n) is 2.06. The van der Waals surface area contributed by atoms with Gasteiger partial charge in [0.25, 0.3) is 0 Å². The Balaban J connectivity index is 2.46. The van der Waals surface area contributed by atoms with Crippen molar-refractivity contribution in [3.63, 3.8) is 0 Å². The maximum Gasteiger partial charge on any atom is 0.126 e. The largest absolute Gasteiger partial charge is 0.309 e. The minimum absolute atomic E-state index is 0.147. The number of benzene rings is 2. The molecule has 0 aliphatic heterocycles. The maximum atomic E-state index is 13.7. The summed E-state index contributed by atoms with van der Waals surface area (Å²) in [5.41, 5.74) is 2.37. The Morgan fingerprint density at radius 1 is 1.00 bits per heavy atom. The molecule has 100 valence electrons. The molecule has 2 aromatic rings. The van der Waals surface area contributed by atoms with Gasteiger partial charge >= 0.3 is 0 Å². The van der Waals surface area contributed by atoms with Crippen LogP contribution in [0.3, 0.4) is 0 Å². The first kappa shape index (κ1) is 14.3. The van der Waals surface area contributed by atoms with Crippen molar-refractivity contribution in [1.82, 2.24) is 5.32 Å². The standard InChI is InChI=1S/C15H14Cl2FN/c1-9-3-4-10(7-14(9)18)15(19-2)11-5-12(16)8-13(17)6-11/h3-8,15,19H,1-2H3. The maximum absolute atomic E-state index is 13.7. The molecule has 1 unspecified atom stereocenters. The third-order valence-corrected chi connectivity index (χ3v) is 3.47. The van der Waals surface area contributed by atoms with Crippen LogP contribution in [0.1, 0.15) is 22.7 Å². The van der Waals surface area contributed by atoms with Crippen LogP contribution in [0, 0.1) is 12.7 Å². The van der Waals surface area contributed by atoms with Gasteiger partial charge < -0.3 is 5.32 Å². The molecule has 1 atom stereocenters. The van der Waals surface area contributed by atoms with Crippen molar-refractivity contribution in [2.45, 2.75) is 13.0 Å². The summed E-state index contributed by atoms with van der Waals surface area (Å²) in [5.74, 6) is -0.217. The second-order valence-electron chi connectivity index (χ2n) is 4.43. The minimum atomic E-state index is -0.217. The molecule has 1 N–H and O–H groups in total. The lowest BCUT2D eigenvalue weighted by atomic mass is 9.98. The van der Waals surface area contributed by atoms with Gasteiger partial charge in [-0.15, -0.1) is 0 Å². The molecular formula is C15H14Cl2FN. The molecule has 0 radical (unpaired) electrons. The molecule has 1 nitrogen and oxygen atoms in total. The van der Waals surface area contributed by atoms with Crippen LogP contribution < -0.4 is 5.32 Å². The summed E-state index contributed by atoms with van der Waals surface area (Å²) in [6.45, 7) is 1.74. The normalized spacial score (nSPS) is 12.5. The molecule has 0 spiro atoms.